The number of nitrogens with one attached hydrogen (secondary N) is 1. The lowest BCUT2D eigenvalue weighted by molar-refractivity contribution is 0.193. The molecule has 1 unspecified atom stereocenters. The zero-order valence-corrected chi connectivity index (χ0v) is 11.1. The third-order valence-electron chi connectivity index (χ3n) is 2.96. The van der Waals surface area contributed by atoms with Gasteiger partial charge in [-0.05, 0) is 24.9 Å². The second-order valence-electron chi connectivity index (χ2n) is 4.41. The van der Waals surface area contributed by atoms with E-state index in [2.05, 4.69) is 42.6 Å². The summed E-state index contributed by atoms with van der Waals surface area (Å²) in [5.41, 5.74) is 1.40. The van der Waals surface area contributed by atoms with Crippen LogP contribution in [0.1, 0.15) is 44.2 Å². The fourth-order valence-electron chi connectivity index (χ4n) is 1.97. The predicted octanol–water partition coefficient (Wildman–Crippen LogP) is 3.54. The van der Waals surface area contributed by atoms with Gasteiger partial charge < -0.3 is 10.1 Å². The van der Waals surface area contributed by atoms with E-state index >= 15 is 0 Å². The molecule has 0 saturated heterocycles. The van der Waals surface area contributed by atoms with Gasteiger partial charge in [0, 0.05) is 19.8 Å². The van der Waals surface area contributed by atoms with E-state index in [9.17, 15) is 0 Å². The van der Waals surface area contributed by atoms with Gasteiger partial charge in [0.2, 0.25) is 0 Å². The number of ether oxygens (including phenoxy) is 1. The maximum atomic E-state index is 5.07. The number of rotatable bonds is 9. The zero-order chi connectivity index (χ0) is 12.3. The lowest BCUT2D eigenvalue weighted by Crippen LogP contribution is -2.23. The Morgan fingerprint density at radius 3 is 2.59 bits per heavy atom. The predicted molar refractivity (Wildman–Crippen MR) is 73.2 cm³/mol. The average Bonchev–Trinajstić information content (AvgIpc) is 2.39. The summed E-state index contributed by atoms with van der Waals surface area (Å²) in [4.78, 5) is 0. The molecule has 0 aliphatic heterocycles. The Morgan fingerprint density at radius 2 is 1.94 bits per heavy atom. The molecule has 17 heavy (non-hydrogen) atoms. The van der Waals surface area contributed by atoms with E-state index in [1.54, 1.807) is 7.11 Å². The Hall–Kier alpha value is -0.860. The third-order valence-corrected chi connectivity index (χ3v) is 2.96. The maximum Gasteiger partial charge on any atom is 0.0474 e. The summed E-state index contributed by atoms with van der Waals surface area (Å²) in [5.74, 6) is 0. The normalized spacial score (nSPS) is 12.6. The molecular formula is C15H25NO. The standard InChI is InChI=1S/C15H25NO/c1-3-4-11-15(16-12-8-13-17-2)14-9-6-5-7-10-14/h5-7,9-10,15-16H,3-4,8,11-13H2,1-2H3. The van der Waals surface area contributed by atoms with E-state index in [1.807, 2.05) is 0 Å². The minimum absolute atomic E-state index is 0.494. The second-order valence-corrected chi connectivity index (χ2v) is 4.41. The number of hydrogen-bond acceptors (Lipinski definition) is 2. The number of hydrogen-bond donors (Lipinski definition) is 1. The van der Waals surface area contributed by atoms with Crippen molar-refractivity contribution >= 4 is 0 Å². The molecule has 0 spiro atoms. The second kappa shape index (κ2) is 9.20. The van der Waals surface area contributed by atoms with Crippen molar-refractivity contribution in [2.45, 2.75) is 38.6 Å². The molecule has 0 amide bonds. The molecule has 0 aromatic heterocycles. The van der Waals surface area contributed by atoms with Crippen LogP contribution in [0.15, 0.2) is 30.3 Å². The van der Waals surface area contributed by atoms with Gasteiger partial charge in [0.15, 0.2) is 0 Å². The van der Waals surface area contributed by atoms with Crippen LogP contribution < -0.4 is 5.32 Å². The van der Waals surface area contributed by atoms with E-state index in [0.717, 1.165) is 19.6 Å². The van der Waals surface area contributed by atoms with Crippen molar-refractivity contribution in [3.8, 4) is 0 Å². The van der Waals surface area contributed by atoms with Gasteiger partial charge in [0.05, 0.1) is 0 Å². The van der Waals surface area contributed by atoms with Gasteiger partial charge in [-0.25, -0.2) is 0 Å². The van der Waals surface area contributed by atoms with Crippen LogP contribution in [0.4, 0.5) is 0 Å². The molecule has 1 aromatic carbocycles. The van der Waals surface area contributed by atoms with Crippen molar-refractivity contribution in [2.24, 2.45) is 0 Å². The molecule has 1 aromatic rings. The van der Waals surface area contributed by atoms with Crippen molar-refractivity contribution in [2.75, 3.05) is 20.3 Å². The summed E-state index contributed by atoms with van der Waals surface area (Å²) in [6, 6.07) is 11.2. The Bertz CT molecular complexity index is 274. The number of benzene rings is 1. The summed E-state index contributed by atoms with van der Waals surface area (Å²) in [6.07, 6.45) is 4.82. The van der Waals surface area contributed by atoms with Crippen LogP contribution in [-0.4, -0.2) is 20.3 Å². The molecule has 1 N–H and O–H groups in total. The third kappa shape index (κ3) is 5.85. The molecule has 96 valence electrons. The van der Waals surface area contributed by atoms with Crippen LogP contribution in [-0.2, 0) is 4.74 Å². The molecule has 0 radical (unpaired) electrons. The fourth-order valence-corrected chi connectivity index (χ4v) is 1.97. The molecule has 0 bridgehead atoms. The van der Waals surface area contributed by atoms with Crippen LogP contribution >= 0.6 is 0 Å². The van der Waals surface area contributed by atoms with Crippen molar-refractivity contribution in [3.05, 3.63) is 35.9 Å². The Labute approximate surface area is 105 Å². The molecule has 0 aliphatic rings. The Kier molecular flexibility index (Phi) is 7.69. The summed E-state index contributed by atoms with van der Waals surface area (Å²) in [5, 5.41) is 3.63. The smallest absolute Gasteiger partial charge is 0.0474 e. The summed E-state index contributed by atoms with van der Waals surface area (Å²) < 4.78 is 5.07. The minimum Gasteiger partial charge on any atom is -0.385 e. The fraction of sp³-hybridized carbons (Fsp3) is 0.600. The number of unbranched alkanes of at least 4 members (excludes halogenated alkanes) is 1. The topological polar surface area (TPSA) is 21.3 Å². The van der Waals surface area contributed by atoms with Crippen molar-refractivity contribution in [1.29, 1.82) is 0 Å². The largest absolute Gasteiger partial charge is 0.385 e. The average molecular weight is 235 g/mol. The molecule has 2 nitrogen and oxygen atoms in total. The summed E-state index contributed by atoms with van der Waals surface area (Å²) >= 11 is 0. The van der Waals surface area contributed by atoms with Crippen LogP contribution in [0.5, 0.6) is 0 Å². The first-order valence-electron chi connectivity index (χ1n) is 6.65. The van der Waals surface area contributed by atoms with Gasteiger partial charge in [-0.15, -0.1) is 0 Å². The van der Waals surface area contributed by atoms with Crippen molar-refractivity contribution in [3.63, 3.8) is 0 Å². The zero-order valence-electron chi connectivity index (χ0n) is 11.1. The molecule has 0 heterocycles. The van der Waals surface area contributed by atoms with E-state index in [-0.39, 0.29) is 0 Å². The van der Waals surface area contributed by atoms with Gasteiger partial charge >= 0.3 is 0 Å². The highest BCUT2D eigenvalue weighted by Crippen LogP contribution is 2.18. The van der Waals surface area contributed by atoms with E-state index in [0.29, 0.717) is 6.04 Å². The lowest BCUT2D eigenvalue weighted by atomic mass is 10.0. The first-order valence-corrected chi connectivity index (χ1v) is 6.65. The highest BCUT2D eigenvalue weighted by atomic mass is 16.5. The van der Waals surface area contributed by atoms with E-state index < -0.39 is 0 Å². The van der Waals surface area contributed by atoms with E-state index in [1.165, 1.54) is 24.8 Å². The van der Waals surface area contributed by atoms with Gasteiger partial charge in [-0.2, -0.15) is 0 Å². The SMILES string of the molecule is CCCCC(NCCCOC)c1ccccc1. The van der Waals surface area contributed by atoms with E-state index in [4.69, 9.17) is 4.74 Å². The first-order chi connectivity index (χ1) is 8.38. The lowest BCUT2D eigenvalue weighted by Gasteiger charge is -2.19. The first kappa shape index (κ1) is 14.2. The molecule has 0 fully saturated rings. The highest BCUT2D eigenvalue weighted by Gasteiger charge is 2.09. The van der Waals surface area contributed by atoms with Gasteiger partial charge in [0.1, 0.15) is 0 Å². The van der Waals surface area contributed by atoms with Gasteiger partial charge in [-0.1, -0.05) is 50.1 Å². The van der Waals surface area contributed by atoms with Crippen LogP contribution in [0, 0.1) is 0 Å². The molecule has 1 atom stereocenters. The molecule has 0 saturated carbocycles. The Balaban J connectivity index is 2.43. The van der Waals surface area contributed by atoms with Gasteiger partial charge in [0.25, 0.3) is 0 Å². The molecule has 0 aliphatic carbocycles. The summed E-state index contributed by atoms with van der Waals surface area (Å²) in [6.45, 7) is 4.10. The monoisotopic (exact) mass is 235 g/mol. The number of methoxy groups -OCH3 is 1. The van der Waals surface area contributed by atoms with Crippen molar-refractivity contribution in [1.82, 2.24) is 5.32 Å². The Morgan fingerprint density at radius 1 is 1.18 bits per heavy atom. The van der Waals surface area contributed by atoms with Crippen LogP contribution in [0.2, 0.25) is 0 Å². The highest BCUT2D eigenvalue weighted by molar-refractivity contribution is 5.18. The van der Waals surface area contributed by atoms with Crippen LogP contribution in [0.25, 0.3) is 0 Å². The van der Waals surface area contributed by atoms with Crippen LogP contribution in [0.3, 0.4) is 0 Å². The van der Waals surface area contributed by atoms with Crippen molar-refractivity contribution < 1.29 is 4.74 Å². The molecule has 2 heteroatoms. The maximum absolute atomic E-state index is 5.07. The summed E-state index contributed by atoms with van der Waals surface area (Å²) in [7, 11) is 1.76. The molecular weight excluding hydrogens is 210 g/mol. The molecule has 1 rings (SSSR count). The quantitative estimate of drug-likeness (QED) is 0.661. The van der Waals surface area contributed by atoms with Gasteiger partial charge in [-0.3, -0.25) is 0 Å². The minimum atomic E-state index is 0.494.